The van der Waals surface area contributed by atoms with Crippen molar-refractivity contribution in [3.05, 3.63) is 36.0 Å². The third-order valence-corrected chi connectivity index (χ3v) is 2.44. The van der Waals surface area contributed by atoms with Gasteiger partial charge in [0.05, 0.1) is 12.2 Å². The van der Waals surface area contributed by atoms with Crippen LogP contribution in [-0.2, 0) is 0 Å². The molecule has 0 aliphatic heterocycles. The van der Waals surface area contributed by atoms with E-state index in [-0.39, 0.29) is 0 Å². The van der Waals surface area contributed by atoms with E-state index in [1.54, 1.807) is 6.20 Å². The molecule has 88 valence electrons. The normalized spacial score (nSPS) is 10.2. The van der Waals surface area contributed by atoms with Gasteiger partial charge in [0.15, 0.2) is 5.82 Å². The number of benzene rings is 1. The molecular weight excluding hydrogens is 214 g/mol. The Balaban J connectivity index is 2.48. The van der Waals surface area contributed by atoms with Gasteiger partial charge in [-0.05, 0) is 26.0 Å². The number of rotatable bonds is 3. The van der Waals surface area contributed by atoms with Crippen molar-refractivity contribution >= 4 is 5.82 Å². The molecule has 1 aromatic heterocycles. The number of ether oxygens (including phenoxy) is 1. The number of hydrogen-bond acceptors (Lipinski definition) is 4. The maximum atomic E-state index is 5.79. The van der Waals surface area contributed by atoms with Gasteiger partial charge in [0.25, 0.3) is 0 Å². The molecule has 1 aromatic carbocycles. The van der Waals surface area contributed by atoms with E-state index in [1.165, 1.54) is 0 Å². The third-order valence-electron chi connectivity index (χ3n) is 2.44. The van der Waals surface area contributed by atoms with Crippen LogP contribution in [0.5, 0.6) is 5.75 Å². The lowest BCUT2D eigenvalue weighted by Gasteiger charge is -2.09. The van der Waals surface area contributed by atoms with Crippen LogP contribution in [0.2, 0.25) is 0 Å². The van der Waals surface area contributed by atoms with E-state index in [0.717, 1.165) is 16.9 Å². The van der Waals surface area contributed by atoms with Crippen LogP contribution in [0.4, 0.5) is 5.82 Å². The van der Waals surface area contributed by atoms with Gasteiger partial charge >= 0.3 is 0 Å². The fraction of sp³-hybridized carbons (Fsp3) is 0.231. The molecule has 17 heavy (non-hydrogen) atoms. The molecule has 0 saturated heterocycles. The molecule has 2 N–H and O–H groups in total. The van der Waals surface area contributed by atoms with Crippen molar-refractivity contribution in [2.45, 2.75) is 13.8 Å². The molecule has 0 radical (unpaired) electrons. The van der Waals surface area contributed by atoms with Crippen LogP contribution in [-0.4, -0.2) is 16.6 Å². The molecule has 0 bridgehead atoms. The Hall–Kier alpha value is -2.10. The van der Waals surface area contributed by atoms with Crippen molar-refractivity contribution in [1.29, 1.82) is 0 Å². The summed E-state index contributed by atoms with van der Waals surface area (Å²) in [7, 11) is 0. The van der Waals surface area contributed by atoms with E-state index < -0.39 is 0 Å². The summed E-state index contributed by atoms with van der Waals surface area (Å²) in [5.41, 5.74) is 7.53. The Morgan fingerprint density at radius 3 is 2.76 bits per heavy atom. The van der Waals surface area contributed by atoms with Gasteiger partial charge in [0.1, 0.15) is 11.6 Å². The Bertz CT molecular complexity index is 526. The van der Waals surface area contributed by atoms with Crippen LogP contribution < -0.4 is 10.5 Å². The number of aromatic nitrogens is 2. The van der Waals surface area contributed by atoms with Crippen molar-refractivity contribution in [2.75, 3.05) is 12.3 Å². The molecule has 1 heterocycles. The van der Waals surface area contributed by atoms with Crippen molar-refractivity contribution in [3.63, 3.8) is 0 Å². The van der Waals surface area contributed by atoms with Gasteiger partial charge in [-0.25, -0.2) is 9.97 Å². The molecule has 0 aliphatic rings. The summed E-state index contributed by atoms with van der Waals surface area (Å²) in [6.07, 6.45) is 1.72. The van der Waals surface area contributed by atoms with Crippen LogP contribution in [0.25, 0.3) is 11.4 Å². The second-order valence-electron chi connectivity index (χ2n) is 3.69. The Kier molecular flexibility index (Phi) is 3.23. The monoisotopic (exact) mass is 229 g/mol. The minimum absolute atomic E-state index is 0.501. The van der Waals surface area contributed by atoms with Crippen LogP contribution in [0.15, 0.2) is 30.5 Å². The number of para-hydroxylation sites is 1. The molecular formula is C13H15N3O. The first-order chi connectivity index (χ1) is 8.22. The maximum Gasteiger partial charge on any atom is 0.165 e. The second-order valence-corrected chi connectivity index (χ2v) is 3.69. The fourth-order valence-electron chi connectivity index (χ4n) is 1.52. The molecule has 0 aliphatic carbocycles. The number of nitrogens with two attached hydrogens (primary N) is 1. The van der Waals surface area contributed by atoms with Crippen LogP contribution in [0.1, 0.15) is 12.5 Å². The first-order valence-corrected chi connectivity index (χ1v) is 5.53. The molecule has 0 saturated carbocycles. The predicted molar refractivity (Wildman–Crippen MR) is 67.8 cm³/mol. The van der Waals surface area contributed by atoms with Crippen LogP contribution in [0.3, 0.4) is 0 Å². The Morgan fingerprint density at radius 2 is 2.06 bits per heavy atom. The summed E-state index contributed by atoms with van der Waals surface area (Å²) in [4.78, 5) is 8.55. The van der Waals surface area contributed by atoms with Crippen molar-refractivity contribution < 1.29 is 4.74 Å². The average molecular weight is 229 g/mol. The molecule has 0 amide bonds. The SMILES string of the molecule is CCOc1ccccc1-c1ncc(C)c(N)n1. The predicted octanol–water partition coefficient (Wildman–Crippen LogP) is 2.43. The molecule has 4 nitrogen and oxygen atoms in total. The quantitative estimate of drug-likeness (QED) is 0.878. The van der Waals surface area contributed by atoms with E-state index in [0.29, 0.717) is 18.2 Å². The Labute approximate surface area is 100 Å². The zero-order valence-electron chi connectivity index (χ0n) is 9.97. The summed E-state index contributed by atoms with van der Waals surface area (Å²) in [5.74, 6) is 1.87. The van der Waals surface area contributed by atoms with Crippen LogP contribution in [0, 0.1) is 6.92 Å². The van der Waals surface area contributed by atoms with Gasteiger partial charge in [0.2, 0.25) is 0 Å². The van der Waals surface area contributed by atoms with E-state index in [1.807, 2.05) is 38.1 Å². The molecule has 0 unspecified atom stereocenters. The zero-order valence-corrected chi connectivity index (χ0v) is 9.97. The van der Waals surface area contributed by atoms with Gasteiger partial charge in [0, 0.05) is 11.8 Å². The Morgan fingerprint density at radius 1 is 1.29 bits per heavy atom. The highest BCUT2D eigenvalue weighted by atomic mass is 16.5. The number of aryl methyl sites for hydroxylation is 1. The van der Waals surface area contributed by atoms with Crippen molar-refractivity contribution in [3.8, 4) is 17.1 Å². The van der Waals surface area contributed by atoms with Gasteiger partial charge in [-0.3, -0.25) is 0 Å². The van der Waals surface area contributed by atoms with Gasteiger partial charge < -0.3 is 10.5 Å². The van der Waals surface area contributed by atoms with Gasteiger partial charge in [-0.15, -0.1) is 0 Å². The fourth-order valence-corrected chi connectivity index (χ4v) is 1.52. The zero-order chi connectivity index (χ0) is 12.3. The summed E-state index contributed by atoms with van der Waals surface area (Å²) < 4.78 is 5.54. The number of nitrogens with zero attached hydrogens (tertiary/aromatic N) is 2. The third kappa shape index (κ3) is 2.36. The largest absolute Gasteiger partial charge is 0.493 e. The molecule has 0 spiro atoms. The summed E-state index contributed by atoms with van der Waals surface area (Å²) >= 11 is 0. The maximum absolute atomic E-state index is 5.79. The van der Waals surface area contributed by atoms with E-state index in [4.69, 9.17) is 10.5 Å². The highest BCUT2D eigenvalue weighted by molar-refractivity contribution is 5.65. The lowest BCUT2D eigenvalue weighted by atomic mass is 10.2. The minimum Gasteiger partial charge on any atom is -0.493 e. The molecule has 0 fully saturated rings. The van der Waals surface area contributed by atoms with Gasteiger partial charge in [-0.2, -0.15) is 0 Å². The average Bonchev–Trinajstić information content (AvgIpc) is 2.34. The summed E-state index contributed by atoms with van der Waals surface area (Å²) in [5, 5.41) is 0. The second kappa shape index (κ2) is 4.82. The number of anilines is 1. The topological polar surface area (TPSA) is 61.0 Å². The summed E-state index contributed by atoms with van der Waals surface area (Å²) in [6.45, 7) is 4.44. The standard InChI is InChI=1S/C13H15N3O/c1-3-17-11-7-5-4-6-10(11)13-15-8-9(2)12(14)16-13/h4-8H,3H2,1-2H3,(H2,14,15,16). The summed E-state index contributed by atoms with van der Waals surface area (Å²) in [6, 6.07) is 7.68. The molecule has 0 atom stereocenters. The first-order valence-electron chi connectivity index (χ1n) is 5.53. The van der Waals surface area contributed by atoms with E-state index in [9.17, 15) is 0 Å². The van der Waals surface area contributed by atoms with Gasteiger partial charge in [-0.1, -0.05) is 12.1 Å². The van der Waals surface area contributed by atoms with E-state index in [2.05, 4.69) is 9.97 Å². The highest BCUT2D eigenvalue weighted by Crippen LogP contribution is 2.27. The molecule has 2 aromatic rings. The molecule has 4 heteroatoms. The number of nitrogen functional groups attached to an aromatic ring is 1. The lowest BCUT2D eigenvalue weighted by molar-refractivity contribution is 0.341. The lowest BCUT2D eigenvalue weighted by Crippen LogP contribution is -2.00. The van der Waals surface area contributed by atoms with Crippen LogP contribution >= 0.6 is 0 Å². The van der Waals surface area contributed by atoms with Crippen molar-refractivity contribution in [2.24, 2.45) is 0 Å². The highest BCUT2D eigenvalue weighted by Gasteiger charge is 2.09. The molecule has 2 rings (SSSR count). The van der Waals surface area contributed by atoms with E-state index >= 15 is 0 Å². The van der Waals surface area contributed by atoms with Crippen molar-refractivity contribution in [1.82, 2.24) is 9.97 Å². The first kappa shape index (κ1) is 11.4. The minimum atomic E-state index is 0.501. The smallest absolute Gasteiger partial charge is 0.165 e. The number of hydrogen-bond donors (Lipinski definition) is 1.